The third kappa shape index (κ3) is 3.10. The van der Waals surface area contributed by atoms with Crippen molar-refractivity contribution >= 4 is 29.9 Å². The van der Waals surface area contributed by atoms with Crippen molar-refractivity contribution in [3.8, 4) is 0 Å². The molecule has 0 amide bonds. The molecule has 0 atom stereocenters. The number of hydrogen-bond acceptors (Lipinski definition) is 2. The van der Waals surface area contributed by atoms with Gasteiger partial charge in [0.15, 0.2) is 5.96 Å². The van der Waals surface area contributed by atoms with E-state index in [2.05, 4.69) is 15.0 Å². The summed E-state index contributed by atoms with van der Waals surface area (Å²) in [5.74, 6) is 0.624. The van der Waals surface area contributed by atoms with Crippen molar-refractivity contribution in [2.24, 2.45) is 17.8 Å². The summed E-state index contributed by atoms with van der Waals surface area (Å²) in [4.78, 5) is 6.40. The largest absolute Gasteiger partial charge is 0.370 e. The Morgan fingerprint density at radius 2 is 2.38 bits per heavy atom. The molecule has 0 radical (unpaired) electrons. The first kappa shape index (κ1) is 13.3. The van der Waals surface area contributed by atoms with Crippen LogP contribution in [0.5, 0.6) is 0 Å². The molecule has 1 saturated carbocycles. The van der Waals surface area contributed by atoms with Crippen LogP contribution in [0.1, 0.15) is 18.5 Å². The van der Waals surface area contributed by atoms with Crippen LogP contribution in [0.25, 0.3) is 0 Å². The van der Waals surface area contributed by atoms with E-state index in [0.29, 0.717) is 18.5 Å². The van der Waals surface area contributed by atoms with Gasteiger partial charge in [-0.2, -0.15) is 5.10 Å². The summed E-state index contributed by atoms with van der Waals surface area (Å²) in [5, 5.41) is 4.08. The second-order valence-electron chi connectivity index (χ2n) is 3.96. The average molecular weight is 335 g/mol. The minimum atomic E-state index is 0. The fourth-order valence-corrected chi connectivity index (χ4v) is 1.48. The van der Waals surface area contributed by atoms with Crippen LogP contribution in [-0.4, -0.2) is 33.7 Å². The summed E-state index contributed by atoms with van der Waals surface area (Å²) >= 11 is 0. The zero-order chi connectivity index (χ0) is 10.8. The number of halogens is 1. The van der Waals surface area contributed by atoms with E-state index in [4.69, 9.17) is 5.73 Å². The highest BCUT2D eigenvalue weighted by Gasteiger charge is 2.27. The van der Waals surface area contributed by atoms with Crippen molar-refractivity contribution in [2.75, 3.05) is 7.05 Å². The van der Waals surface area contributed by atoms with Crippen molar-refractivity contribution in [1.29, 1.82) is 0 Å². The van der Waals surface area contributed by atoms with Gasteiger partial charge in [-0.05, 0) is 18.9 Å². The number of hydrogen-bond donors (Lipinski definition) is 1. The fourth-order valence-electron chi connectivity index (χ4n) is 1.48. The van der Waals surface area contributed by atoms with Gasteiger partial charge in [-0.1, -0.05) is 0 Å². The average Bonchev–Trinajstić information content (AvgIpc) is 2.99. The normalized spacial score (nSPS) is 15.8. The minimum Gasteiger partial charge on any atom is -0.370 e. The summed E-state index contributed by atoms with van der Waals surface area (Å²) in [7, 11) is 3.91. The lowest BCUT2D eigenvalue weighted by Crippen LogP contribution is -2.35. The van der Waals surface area contributed by atoms with E-state index in [1.165, 1.54) is 12.8 Å². The maximum atomic E-state index is 5.87. The summed E-state index contributed by atoms with van der Waals surface area (Å²) in [5.41, 5.74) is 6.94. The van der Waals surface area contributed by atoms with Gasteiger partial charge in [0.25, 0.3) is 0 Å². The molecule has 0 aromatic carbocycles. The first-order valence-corrected chi connectivity index (χ1v) is 5.18. The molecule has 2 rings (SSSR count). The molecule has 2 N–H and O–H groups in total. The van der Waals surface area contributed by atoms with Gasteiger partial charge in [-0.15, -0.1) is 24.0 Å². The van der Waals surface area contributed by atoms with Crippen LogP contribution in [0.4, 0.5) is 0 Å². The predicted octanol–water partition coefficient (Wildman–Crippen LogP) is 0.947. The first-order valence-electron chi connectivity index (χ1n) is 5.18. The molecule has 0 saturated heterocycles. The molecule has 0 unspecified atom stereocenters. The molecule has 1 aliphatic rings. The first-order chi connectivity index (χ1) is 7.18. The van der Waals surface area contributed by atoms with Crippen LogP contribution in [0, 0.1) is 0 Å². The van der Waals surface area contributed by atoms with Gasteiger partial charge in [0.05, 0.1) is 12.2 Å². The zero-order valence-corrected chi connectivity index (χ0v) is 12.0. The molecule has 90 valence electrons. The Balaban J connectivity index is 0.00000128. The SMILES string of the molecule is CN(C(N)=NCc1ccnn1C)C1CC1.I. The number of rotatable bonds is 3. The summed E-state index contributed by atoms with van der Waals surface area (Å²) in [6.45, 7) is 0.597. The van der Waals surface area contributed by atoms with Crippen molar-refractivity contribution in [2.45, 2.75) is 25.4 Å². The van der Waals surface area contributed by atoms with Crippen LogP contribution in [0.15, 0.2) is 17.3 Å². The quantitative estimate of drug-likeness (QED) is 0.508. The van der Waals surface area contributed by atoms with E-state index < -0.39 is 0 Å². The summed E-state index contributed by atoms with van der Waals surface area (Å²) in [6, 6.07) is 2.56. The van der Waals surface area contributed by atoms with Gasteiger partial charge in [-0.25, -0.2) is 4.99 Å². The molecule has 5 nitrogen and oxygen atoms in total. The lowest BCUT2D eigenvalue weighted by atomic mass is 10.4. The number of guanidine groups is 1. The molecule has 1 fully saturated rings. The number of nitrogens with two attached hydrogens (primary N) is 1. The lowest BCUT2D eigenvalue weighted by Gasteiger charge is -2.16. The summed E-state index contributed by atoms with van der Waals surface area (Å²) < 4.78 is 1.81. The molecule has 1 aromatic heterocycles. The van der Waals surface area contributed by atoms with Crippen LogP contribution in [0.3, 0.4) is 0 Å². The van der Waals surface area contributed by atoms with Crippen LogP contribution >= 0.6 is 24.0 Å². The maximum Gasteiger partial charge on any atom is 0.191 e. The highest BCUT2D eigenvalue weighted by molar-refractivity contribution is 14.0. The highest BCUT2D eigenvalue weighted by Crippen LogP contribution is 2.24. The monoisotopic (exact) mass is 335 g/mol. The van der Waals surface area contributed by atoms with Crippen LogP contribution in [-0.2, 0) is 13.6 Å². The van der Waals surface area contributed by atoms with E-state index in [-0.39, 0.29) is 24.0 Å². The Hall–Kier alpha value is -0.790. The number of aromatic nitrogens is 2. The van der Waals surface area contributed by atoms with Crippen molar-refractivity contribution in [3.63, 3.8) is 0 Å². The molecule has 6 heteroatoms. The Labute approximate surface area is 113 Å². The molecule has 1 heterocycles. The van der Waals surface area contributed by atoms with Gasteiger partial charge in [0.2, 0.25) is 0 Å². The third-order valence-electron chi connectivity index (χ3n) is 2.78. The molecule has 0 aliphatic heterocycles. The van der Waals surface area contributed by atoms with Crippen molar-refractivity contribution in [1.82, 2.24) is 14.7 Å². The smallest absolute Gasteiger partial charge is 0.191 e. The topological polar surface area (TPSA) is 59.4 Å². The van der Waals surface area contributed by atoms with Gasteiger partial charge < -0.3 is 10.6 Å². The van der Waals surface area contributed by atoms with E-state index in [0.717, 1.165) is 5.69 Å². The van der Waals surface area contributed by atoms with Gasteiger partial charge in [-0.3, -0.25) is 4.68 Å². The maximum absolute atomic E-state index is 5.87. The Morgan fingerprint density at radius 1 is 1.69 bits per heavy atom. The molecular weight excluding hydrogens is 317 g/mol. The Kier molecular flexibility index (Phi) is 4.57. The molecule has 0 spiro atoms. The van der Waals surface area contributed by atoms with Crippen LogP contribution < -0.4 is 5.73 Å². The Bertz CT molecular complexity index is 369. The molecular formula is C10H18IN5. The zero-order valence-electron chi connectivity index (χ0n) is 9.63. The lowest BCUT2D eigenvalue weighted by molar-refractivity contribution is 0.487. The van der Waals surface area contributed by atoms with Crippen molar-refractivity contribution in [3.05, 3.63) is 18.0 Å². The third-order valence-corrected chi connectivity index (χ3v) is 2.78. The number of aliphatic imine (C=N–C) groups is 1. The summed E-state index contributed by atoms with van der Waals surface area (Å²) in [6.07, 6.45) is 4.24. The Morgan fingerprint density at radius 3 is 2.88 bits per heavy atom. The van der Waals surface area contributed by atoms with Gasteiger partial charge in [0, 0.05) is 26.3 Å². The van der Waals surface area contributed by atoms with E-state index in [1.807, 2.05) is 24.8 Å². The highest BCUT2D eigenvalue weighted by atomic mass is 127. The van der Waals surface area contributed by atoms with E-state index in [1.54, 1.807) is 6.20 Å². The standard InChI is InChI=1S/C10H17N5.HI/c1-14(8-3-4-8)10(11)12-7-9-5-6-13-15(9)2;/h5-6,8H,3-4,7H2,1-2H3,(H2,11,12);1H. The fraction of sp³-hybridized carbons (Fsp3) is 0.600. The van der Waals surface area contributed by atoms with E-state index >= 15 is 0 Å². The molecule has 1 aromatic rings. The minimum absolute atomic E-state index is 0. The van der Waals surface area contributed by atoms with Crippen LogP contribution in [0.2, 0.25) is 0 Å². The number of aryl methyl sites for hydroxylation is 1. The molecule has 1 aliphatic carbocycles. The molecule has 16 heavy (non-hydrogen) atoms. The van der Waals surface area contributed by atoms with Gasteiger partial charge in [0.1, 0.15) is 0 Å². The molecule has 0 bridgehead atoms. The second kappa shape index (κ2) is 5.51. The van der Waals surface area contributed by atoms with E-state index in [9.17, 15) is 0 Å². The number of nitrogens with zero attached hydrogens (tertiary/aromatic N) is 4. The van der Waals surface area contributed by atoms with Crippen molar-refractivity contribution < 1.29 is 0 Å². The second-order valence-corrected chi connectivity index (χ2v) is 3.96. The van der Waals surface area contributed by atoms with Gasteiger partial charge >= 0.3 is 0 Å². The predicted molar refractivity (Wildman–Crippen MR) is 74.7 cm³/mol.